The molecule has 7 heterocycles. The summed E-state index contributed by atoms with van der Waals surface area (Å²) in [4.78, 5) is 51.0. The molecule has 3 aromatic heterocycles. The van der Waals surface area contributed by atoms with Crippen LogP contribution in [0.2, 0.25) is 0 Å². The third-order valence-corrected chi connectivity index (χ3v) is 14.1. The van der Waals surface area contributed by atoms with Gasteiger partial charge >= 0.3 is 6.03 Å². The van der Waals surface area contributed by atoms with Gasteiger partial charge in [0.2, 0.25) is 5.91 Å². The van der Waals surface area contributed by atoms with Crippen LogP contribution in [0, 0.1) is 13.8 Å². The van der Waals surface area contributed by atoms with E-state index in [-0.39, 0.29) is 36.1 Å². The number of pyridine rings is 1. The maximum Gasteiger partial charge on any atom is 0.328 e. The van der Waals surface area contributed by atoms with Crippen molar-refractivity contribution in [3.05, 3.63) is 88.7 Å². The number of hydrogen-bond donors (Lipinski definition) is 3. The zero-order chi connectivity index (χ0) is 44.3. The van der Waals surface area contributed by atoms with Crippen LogP contribution < -0.4 is 20.9 Å². The van der Waals surface area contributed by atoms with Crippen LogP contribution in [0.1, 0.15) is 95.6 Å². The summed E-state index contributed by atoms with van der Waals surface area (Å²) in [7, 11) is 0. The number of para-hydroxylation sites is 1. The van der Waals surface area contributed by atoms with E-state index in [0.29, 0.717) is 93.0 Å². The van der Waals surface area contributed by atoms with Crippen molar-refractivity contribution in [3.63, 3.8) is 0 Å². The number of ether oxygens (including phenoxy) is 1. The number of halogens is 1. The van der Waals surface area contributed by atoms with Gasteiger partial charge in [-0.3, -0.25) is 19.8 Å². The molecule has 10 rings (SSSR count). The largest absolute Gasteiger partial charge is 0.507 e. The molecule has 1 atom stereocenters. The second-order valence-corrected chi connectivity index (χ2v) is 18.4. The van der Waals surface area contributed by atoms with Crippen LogP contribution >= 0.6 is 0 Å². The minimum absolute atomic E-state index is 0.0759. The third kappa shape index (κ3) is 8.13. The number of alkyl halides is 1. The van der Waals surface area contributed by atoms with E-state index in [0.717, 1.165) is 72.2 Å². The van der Waals surface area contributed by atoms with Gasteiger partial charge in [0.05, 0.1) is 29.9 Å². The molecular weight excluding hydrogens is 816 g/mol. The third-order valence-electron chi connectivity index (χ3n) is 14.1. The van der Waals surface area contributed by atoms with Crippen molar-refractivity contribution in [2.75, 3.05) is 74.5 Å². The van der Waals surface area contributed by atoms with E-state index in [1.807, 2.05) is 44.2 Å². The van der Waals surface area contributed by atoms with Crippen molar-refractivity contribution < 1.29 is 28.6 Å². The highest BCUT2D eigenvalue weighted by atomic mass is 19.1. The normalized spacial score (nSPS) is 21.1. The summed E-state index contributed by atoms with van der Waals surface area (Å²) >= 11 is 0. The number of benzene rings is 2. The van der Waals surface area contributed by atoms with Gasteiger partial charge in [-0.1, -0.05) is 18.2 Å². The number of phenols is 1. The van der Waals surface area contributed by atoms with Gasteiger partial charge in [-0.25, -0.2) is 14.2 Å². The lowest BCUT2D eigenvalue weighted by atomic mass is 9.90. The molecule has 1 aliphatic carbocycles. The van der Waals surface area contributed by atoms with Gasteiger partial charge in [0.1, 0.15) is 23.2 Å². The number of urea groups is 1. The standard InChI is InChI=1S/C48H55FN10O5/c1-29-22-36(30(2)21-35(29)42-27-57(19-20-64-42)40-24-39(53-54-44(40)50)34-5-3-4-6-41(34)60)46(62)56-17-12-48(49,13-18-56)28-55-14-9-32(10-15-55)59-26-38(31-7-8-31)37-23-33(25-51-45(37)59)58-16-11-43(61)52-47(58)63/h3-6,21-26,31-32,42,60H,7-20,27-28H2,1-2H3,(H2,50,54)(H,52,61,63)/t42-/m0/s1. The molecule has 5 aliphatic rings. The van der Waals surface area contributed by atoms with Crippen molar-refractivity contribution in [1.29, 1.82) is 0 Å². The number of phenolic OH excluding ortho intramolecular Hbond substituents is 1. The van der Waals surface area contributed by atoms with Crippen molar-refractivity contribution in [1.82, 2.24) is 34.9 Å². The van der Waals surface area contributed by atoms with E-state index in [2.05, 4.69) is 36.1 Å². The first kappa shape index (κ1) is 41.9. The van der Waals surface area contributed by atoms with Crippen molar-refractivity contribution in [2.24, 2.45) is 0 Å². The van der Waals surface area contributed by atoms with Crippen LogP contribution in [0.25, 0.3) is 22.3 Å². The van der Waals surface area contributed by atoms with Crippen LogP contribution in [0.4, 0.5) is 26.4 Å². The molecule has 0 spiro atoms. The van der Waals surface area contributed by atoms with Crippen LogP contribution in [0.5, 0.6) is 5.75 Å². The quantitative estimate of drug-likeness (QED) is 0.146. The first-order valence-corrected chi connectivity index (χ1v) is 22.6. The Morgan fingerprint density at radius 1 is 0.953 bits per heavy atom. The molecule has 334 valence electrons. The van der Waals surface area contributed by atoms with Crippen molar-refractivity contribution in [2.45, 2.75) is 82.5 Å². The molecule has 5 aromatic rings. The second kappa shape index (κ2) is 16.8. The number of imide groups is 1. The maximum absolute atomic E-state index is 16.6. The Kier molecular flexibility index (Phi) is 11.0. The van der Waals surface area contributed by atoms with E-state index in [9.17, 15) is 19.5 Å². The summed E-state index contributed by atoms with van der Waals surface area (Å²) in [6, 6.07) is 14.7. The van der Waals surface area contributed by atoms with Gasteiger partial charge < -0.3 is 34.8 Å². The number of aromatic hydroxyl groups is 1. The number of aromatic nitrogens is 4. The summed E-state index contributed by atoms with van der Waals surface area (Å²) in [6.45, 7) is 8.49. The lowest BCUT2D eigenvalue weighted by molar-refractivity contribution is -0.120. The van der Waals surface area contributed by atoms with Gasteiger partial charge in [0, 0.05) is 100 Å². The zero-order valence-corrected chi connectivity index (χ0v) is 36.4. The van der Waals surface area contributed by atoms with Gasteiger partial charge in [0.15, 0.2) is 5.82 Å². The second-order valence-electron chi connectivity index (χ2n) is 18.4. The fourth-order valence-corrected chi connectivity index (χ4v) is 10.2. The molecule has 1 saturated carbocycles. The minimum Gasteiger partial charge on any atom is -0.507 e. The Balaban J connectivity index is 0.750. The highest BCUT2D eigenvalue weighted by Gasteiger charge is 2.40. The monoisotopic (exact) mass is 870 g/mol. The number of amides is 4. The molecule has 4 saturated heterocycles. The maximum atomic E-state index is 16.6. The first-order chi connectivity index (χ1) is 30.9. The number of nitrogen functional groups attached to an aromatic ring is 1. The van der Waals surface area contributed by atoms with E-state index in [1.165, 1.54) is 5.56 Å². The molecule has 0 unspecified atom stereocenters. The summed E-state index contributed by atoms with van der Waals surface area (Å²) in [5, 5.41) is 22.3. The van der Waals surface area contributed by atoms with Gasteiger partial charge in [-0.15, -0.1) is 10.2 Å². The van der Waals surface area contributed by atoms with Crippen LogP contribution in [-0.4, -0.2) is 117 Å². The van der Waals surface area contributed by atoms with Gasteiger partial charge in [0.25, 0.3) is 5.91 Å². The van der Waals surface area contributed by atoms with Crippen molar-refractivity contribution >= 4 is 46.1 Å². The summed E-state index contributed by atoms with van der Waals surface area (Å²) < 4.78 is 25.2. The fraction of sp³-hybridized carbons (Fsp3) is 0.458. The number of nitrogens with one attached hydrogen (secondary N) is 1. The molecule has 16 heteroatoms. The SMILES string of the molecule is Cc1cc([C@@H]2CN(c3cc(-c4ccccc4O)nnc3N)CCO2)c(C)cc1C(=O)N1CCC(F)(CN2CCC(n3cc(C4CC4)c4cc(N5CCC(=O)NC5=O)cnc43)CC2)CC1. The Morgan fingerprint density at radius 3 is 2.48 bits per heavy atom. The predicted octanol–water partition coefficient (Wildman–Crippen LogP) is 6.58. The number of aryl methyl sites for hydroxylation is 2. The number of piperidine rings is 2. The molecule has 5 fully saturated rings. The van der Waals surface area contributed by atoms with Crippen LogP contribution in [-0.2, 0) is 9.53 Å². The highest BCUT2D eigenvalue weighted by molar-refractivity contribution is 6.06. The average molecular weight is 871 g/mol. The van der Waals surface area contributed by atoms with Crippen LogP contribution in [0.3, 0.4) is 0 Å². The van der Waals surface area contributed by atoms with Gasteiger partial charge in [-0.05, 0) is 98.0 Å². The number of nitrogens with zero attached hydrogens (tertiary/aromatic N) is 8. The Labute approximate surface area is 371 Å². The van der Waals surface area contributed by atoms with E-state index >= 15 is 4.39 Å². The predicted molar refractivity (Wildman–Crippen MR) is 241 cm³/mol. The summed E-state index contributed by atoms with van der Waals surface area (Å²) in [6.07, 6.45) is 8.59. The lowest BCUT2D eigenvalue weighted by Gasteiger charge is -2.41. The molecule has 4 aliphatic heterocycles. The molecule has 2 aromatic carbocycles. The van der Waals surface area contributed by atoms with E-state index < -0.39 is 11.7 Å². The average Bonchev–Trinajstić information content (AvgIpc) is 4.07. The smallest absolute Gasteiger partial charge is 0.328 e. The van der Waals surface area contributed by atoms with E-state index in [1.54, 1.807) is 34.2 Å². The zero-order valence-electron chi connectivity index (χ0n) is 36.4. The number of anilines is 3. The number of likely N-dealkylation sites (tertiary alicyclic amines) is 2. The van der Waals surface area contributed by atoms with Gasteiger partial charge in [-0.2, -0.15) is 0 Å². The minimum atomic E-state index is -1.37. The molecule has 0 bridgehead atoms. The number of nitrogens with two attached hydrogens (primary N) is 1. The van der Waals surface area contributed by atoms with Crippen LogP contribution in [0.15, 0.2) is 60.9 Å². The number of hydrogen-bond acceptors (Lipinski definition) is 11. The topological polar surface area (TPSA) is 175 Å². The van der Waals surface area contributed by atoms with Crippen molar-refractivity contribution in [3.8, 4) is 17.0 Å². The molecule has 64 heavy (non-hydrogen) atoms. The molecule has 15 nitrogen and oxygen atoms in total. The Bertz CT molecular complexity index is 2630. The Hall–Kier alpha value is -6.13. The summed E-state index contributed by atoms with van der Waals surface area (Å²) in [5.74, 6) is 0.561. The molecule has 4 amide bonds. The number of morpholine rings is 1. The molecular formula is C48H55FN10O5. The lowest BCUT2D eigenvalue weighted by Crippen LogP contribution is -2.51. The number of fused-ring (bicyclic) bond motifs is 1. The highest BCUT2D eigenvalue weighted by Crippen LogP contribution is 2.46. The number of carbonyl (C=O) groups is 3. The fourth-order valence-electron chi connectivity index (χ4n) is 10.2. The molecule has 4 N–H and O–H groups in total. The number of carbonyl (C=O) groups excluding carboxylic acids is 3. The van der Waals surface area contributed by atoms with E-state index in [4.69, 9.17) is 15.5 Å². The molecule has 0 radical (unpaired) electrons. The first-order valence-electron chi connectivity index (χ1n) is 22.6. The summed E-state index contributed by atoms with van der Waals surface area (Å²) in [5.41, 5.74) is 13.1. The Morgan fingerprint density at radius 2 is 1.73 bits per heavy atom. The number of rotatable bonds is 9.